The summed E-state index contributed by atoms with van der Waals surface area (Å²) in [5.74, 6) is -1.23. The molecule has 7 heteroatoms. The summed E-state index contributed by atoms with van der Waals surface area (Å²) in [6.45, 7) is -0.303. The van der Waals surface area contributed by atoms with Gasteiger partial charge in [-0.05, 0) is 5.56 Å². The number of urea groups is 1. The van der Waals surface area contributed by atoms with Gasteiger partial charge in [0.25, 0.3) is 0 Å². The summed E-state index contributed by atoms with van der Waals surface area (Å²) in [5.41, 5.74) is 10.5. The fourth-order valence-corrected chi connectivity index (χ4v) is 1.36. The van der Waals surface area contributed by atoms with Crippen LogP contribution in [0.1, 0.15) is 11.6 Å². The van der Waals surface area contributed by atoms with E-state index >= 15 is 0 Å². The molecule has 1 aromatic carbocycles. The van der Waals surface area contributed by atoms with Gasteiger partial charge in [0.15, 0.2) is 0 Å². The number of carbonyl (C=O) groups is 3. The van der Waals surface area contributed by atoms with Crippen molar-refractivity contribution in [2.45, 2.75) is 6.04 Å². The van der Waals surface area contributed by atoms with E-state index in [1.54, 1.807) is 30.3 Å². The van der Waals surface area contributed by atoms with Crippen LogP contribution in [0.3, 0.4) is 0 Å². The third-order valence-corrected chi connectivity index (χ3v) is 2.12. The second kappa shape index (κ2) is 6.24. The molecule has 1 aromatic rings. The second-order valence-electron chi connectivity index (χ2n) is 3.54. The molecule has 0 heterocycles. The van der Waals surface area contributed by atoms with E-state index in [0.29, 0.717) is 5.56 Å². The molecule has 0 spiro atoms. The van der Waals surface area contributed by atoms with Gasteiger partial charge in [-0.3, -0.25) is 9.59 Å². The van der Waals surface area contributed by atoms with Crippen molar-refractivity contribution in [1.29, 1.82) is 0 Å². The summed E-state index contributed by atoms with van der Waals surface area (Å²) in [6, 6.07) is 6.72. The maximum absolute atomic E-state index is 11.8. The van der Waals surface area contributed by atoms with Gasteiger partial charge in [0, 0.05) is 0 Å². The normalized spacial score (nSPS) is 11.3. The Hall–Kier alpha value is -2.57. The predicted molar refractivity (Wildman–Crippen MR) is 64.1 cm³/mol. The van der Waals surface area contributed by atoms with Gasteiger partial charge in [0.05, 0.1) is 6.54 Å². The number of hydrogen-bond donors (Lipinski definition) is 4. The Labute approximate surface area is 104 Å². The van der Waals surface area contributed by atoms with Crippen molar-refractivity contribution < 1.29 is 14.4 Å². The molecule has 4 amide bonds. The quantitative estimate of drug-likeness (QED) is 0.535. The van der Waals surface area contributed by atoms with Crippen LogP contribution in [0.25, 0.3) is 0 Å². The van der Waals surface area contributed by atoms with Crippen LogP contribution in [-0.2, 0) is 9.59 Å². The zero-order valence-electron chi connectivity index (χ0n) is 9.55. The molecule has 0 bridgehead atoms. The summed E-state index contributed by atoms with van der Waals surface area (Å²) in [7, 11) is 0. The van der Waals surface area contributed by atoms with Gasteiger partial charge in [-0.25, -0.2) is 4.79 Å². The fourth-order valence-electron chi connectivity index (χ4n) is 1.36. The van der Waals surface area contributed by atoms with Crippen molar-refractivity contribution in [2.24, 2.45) is 11.5 Å². The van der Waals surface area contributed by atoms with Crippen LogP contribution in [0.15, 0.2) is 30.3 Å². The summed E-state index contributed by atoms with van der Waals surface area (Å²) >= 11 is 0. The lowest BCUT2D eigenvalue weighted by molar-refractivity contribution is -0.126. The molecular formula is C11H14N4O3. The van der Waals surface area contributed by atoms with Gasteiger partial charge < -0.3 is 22.1 Å². The van der Waals surface area contributed by atoms with Gasteiger partial charge >= 0.3 is 6.03 Å². The zero-order valence-corrected chi connectivity index (χ0v) is 9.55. The third-order valence-electron chi connectivity index (χ3n) is 2.12. The number of carbonyl (C=O) groups excluding carboxylic acids is 3. The molecule has 0 aliphatic carbocycles. The van der Waals surface area contributed by atoms with Gasteiger partial charge in [-0.15, -0.1) is 0 Å². The van der Waals surface area contributed by atoms with E-state index < -0.39 is 23.9 Å². The fraction of sp³-hybridized carbons (Fsp3) is 0.182. The Bertz CT molecular complexity index is 447. The minimum absolute atomic E-state index is 0.303. The Morgan fingerprint density at radius 3 is 2.22 bits per heavy atom. The first kappa shape index (κ1) is 13.5. The summed E-state index contributed by atoms with van der Waals surface area (Å²) in [5, 5.41) is 4.60. The number of amides is 4. The molecule has 18 heavy (non-hydrogen) atoms. The molecule has 1 atom stereocenters. The van der Waals surface area contributed by atoms with Crippen molar-refractivity contribution in [1.82, 2.24) is 10.6 Å². The highest BCUT2D eigenvalue weighted by atomic mass is 16.2. The minimum Gasteiger partial charge on any atom is -0.368 e. The average molecular weight is 250 g/mol. The molecule has 6 N–H and O–H groups in total. The van der Waals surface area contributed by atoms with Crippen LogP contribution < -0.4 is 22.1 Å². The highest BCUT2D eigenvalue weighted by Gasteiger charge is 2.21. The standard InChI is InChI=1S/C11H14N4O3/c12-8(16)6-14-10(17)9(15-11(13)18)7-4-2-1-3-5-7/h1-5,9H,6H2,(H2,12,16)(H,14,17)(H3,13,15,18). The summed E-state index contributed by atoms with van der Waals surface area (Å²) in [4.78, 5) is 33.2. The smallest absolute Gasteiger partial charge is 0.313 e. The molecule has 0 radical (unpaired) electrons. The van der Waals surface area contributed by atoms with Crippen LogP contribution in [0.5, 0.6) is 0 Å². The first-order valence-corrected chi connectivity index (χ1v) is 5.17. The van der Waals surface area contributed by atoms with Crippen molar-refractivity contribution in [3.8, 4) is 0 Å². The Morgan fingerprint density at radius 2 is 1.72 bits per heavy atom. The van der Waals surface area contributed by atoms with E-state index in [-0.39, 0.29) is 6.54 Å². The molecule has 1 unspecified atom stereocenters. The molecule has 0 aliphatic rings. The van der Waals surface area contributed by atoms with E-state index in [1.165, 1.54) is 0 Å². The molecular weight excluding hydrogens is 236 g/mol. The Morgan fingerprint density at radius 1 is 1.11 bits per heavy atom. The molecule has 0 saturated heterocycles. The van der Waals surface area contributed by atoms with Crippen molar-refractivity contribution in [2.75, 3.05) is 6.54 Å². The van der Waals surface area contributed by atoms with Crippen LogP contribution in [0.4, 0.5) is 4.79 Å². The van der Waals surface area contributed by atoms with Gasteiger partial charge in [0.2, 0.25) is 11.8 Å². The number of benzene rings is 1. The SMILES string of the molecule is NC(=O)CNC(=O)C(NC(N)=O)c1ccccc1. The van der Waals surface area contributed by atoms with Gasteiger partial charge in [-0.1, -0.05) is 30.3 Å². The van der Waals surface area contributed by atoms with Crippen LogP contribution in [-0.4, -0.2) is 24.4 Å². The van der Waals surface area contributed by atoms with E-state index in [2.05, 4.69) is 10.6 Å². The molecule has 0 aromatic heterocycles. The molecule has 1 rings (SSSR count). The largest absolute Gasteiger partial charge is 0.368 e. The monoisotopic (exact) mass is 250 g/mol. The minimum atomic E-state index is -0.956. The van der Waals surface area contributed by atoms with Gasteiger partial charge in [-0.2, -0.15) is 0 Å². The second-order valence-corrected chi connectivity index (χ2v) is 3.54. The number of primary amides is 2. The number of nitrogens with one attached hydrogen (secondary N) is 2. The van der Waals surface area contributed by atoms with Crippen molar-refractivity contribution in [3.05, 3.63) is 35.9 Å². The summed E-state index contributed by atoms with van der Waals surface area (Å²) < 4.78 is 0. The van der Waals surface area contributed by atoms with Crippen molar-refractivity contribution >= 4 is 17.8 Å². The third kappa shape index (κ3) is 4.12. The Kier molecular flexibility index (Phi) is 4.67. The lowest BCUT2D eigenvalue weighted by atomic mass is 10.1. The predicted octanol–water partition coefficient (Wildman–Crippen LogP) is -1.00. The number of hydrogen-bond acceptors (Lipinski definition) is 3. The van der Waals surface area contributed by atoms with E-state index in [0.717, 1.165) is 0 Å². The number of nitrogens with two attached hydrogens (primary N) is 2. The lowest BCUT2D eigenvalue weighted by Crippen LogP contribution is -2.44. The Balaban J connectivity index is 2.81. The molecule has 0 saturated carbocycles. The van der Waals surface area contributed by atoms with Crippen LogP contribution in [0, 0.1) is 0 Å². The lowest BCUT2D eigenvalue weighted by Gasteiger charge is -2.17. The first-order chi connectivity index (χ1) is 8.50. The molecule has 96 valence electrons. The van der Waals surface area contributed by atoms with Crippen LogP contribution in [0.2, 0.25) is 0 Å². The zero-order chi connectivity index (χ0) is 13.5. The van der Waals surface area contributed by atoms with Crippen molar-refractivity contribution in [3.63, 3.8) is 0 Å². The van der Waals surface area contributed by atoms with E-state index in [4.69, 9.17) is 11.5 Å². The summed E-state index contributed by atoms with van der Waals surface area (Å²) in [6.07, 6.45) is 0. The maximum Gasteiger partial charge on any atom is 0.313 e. The van der Waals surface area contributed by atoms with Crippen LogP contribution >= 0.6 is 0 Å². The highest BCUT2D eigenvalue weighted by molar-refractivity contribution is 5.90. The molecule has 7 nitrogen and oxygen atoms in total. The first-order valence-electron chi connectivity index (χ1n) is 5.17. The maximum atomic E-state index is 11.8. The van der Waals surface area contributed by atoms with E-state index in [1.807, 2.05) is 0 Å². The molecule has 0 aliphatic heterocycles. The number of rotatable bonds is 5. The topological polar surface area (TPSA) is 127 Å². The van der Waals surface area contributed by atoms with Gasteiger partial charge in [0.1, 0.15) is 6.04 Å². The van der Waals surface area contributed by atoms with E-state index in [9.17, 15) is 14.4 Å². The average Bonchev–Trinajstić information content (AvgIpc) is 2.34. The highest BCUT2D eigenvalue weighted by Crippen LogP contribution is 2.12. The molecule has 0 fully saturated rings.